The van der Waals surface area contributed by atoms with Crippen molar-refractivity contribution in [1.29, 1.82) is 0 Å². The Bertz CT molecular complexity index is 1960. The number of hydrogen-bond donors (Lipinski definition) is 3. The number of rotatable bonds is 14. The molecule has 1 amide bonds. The highest BCUT2D eigenvalue weighted by Crippen LogP contribution is 2.42. The average Bonchev–Trinajstić information content (AvgIpc) is 3.17. The van der Waals surface area contributed by atoms with Crippen molar-refractivity contribution in [2.24, 2.45) is 5.92 Å². The Morgan fingerprint density at radius 3 is 2.25 bits per heavy atom. The van der Waals surface area contributed by atoms with Gasteiger partial charge in [0, 0.05) is 43.5 Å². The highest BCUT2D eigenvalue weighted by atomic mass is 16.7. The summed E-state index contributed by atoms with van der Waals surface area (Å²) in [5.41, 5.74) is 7.10. The second-order valence-electron chi connectivity index (χ2n) is 13.9. The van der Waals surface area contributed by atoms with Crippen molar-refractivity contribution in [2.75, 3.05) is 13.6 Å². The zero-order valence-electron chi connectivity index (χ0n) is 30.1. The minimum absolute atomic E-state index is 0.00827. The lowest BCUT2D eigenvalue weighted by Gasteiger charge is -2.43. The van der Waals surface area contributed by atoms with Gasteiger partial charge in [0.25, 0.3) is 0 Å². The predicted molar refractivity (Wildman–Crippen MR) is 203 cm³/mol. The molecule has 1 saturated heterocycles. The van der Waals surface area contributed by atoms with Gasteiger partial charge in [-0.2, -0.15) is 0 Å². The molecule has 5 aromatic rings. The van der Waals surface area contributed by atoms with E-state index in [1.807, 2.05) is 42.5 Å². The number of aliphatic hydroxyl groups is 1. The summed E-state index contributed by atoms with van der Waals surface area (Å²) in [6, 6.07) is 39.5. The number of carbonyl (C=O) groups excluding carboxylic acids is 1. The highest BCUT2D eigenvalue weighted by Gasteiger charge is 2.39. The van der Waals surface area contributed by atoms with E-state index in [9.17, 15) is 14.7 Å². The minimum atomic E-state index is -0.897. The molecule has 1 aliphatic rings. The lowest BCUT2D eigenvalue weighted by atomic mass is 9.89. The van der Waals surface area contributed by atoms with Gasteiger partial charge in [0.15, 0.2) is 6.29 Å². The third-order valence-corrected chi connectivity index (χ3v) is 10.2. The molecule has 0 aromatic heterocycles. The summed E-state index contributed by atoms with van der Waals surface area (Å²) in [7, 11) is 2.15. The van der Waals surface area contributed by atoms with Crippen molar-refractivity contribution in [3.63, 3.8) is 0 Å². The molecule has 0 bridgehead atoms. The number of likely N-dealkylation sites (N-methyl/N-ethyl adjacent to an activating group) is 1. The number of carbonyl (C=O) groups is 2. The molecular formula is C44H48N2O6. The Balaban J connectivity index is 1.18. The molecule has 6 rings (SSSR count). The first kappa shape index (κ1) is 36.9. The van der Waals surface area contributed by atoms with E-state index < -0.39 is 12.3 Å². The largest absolute Gasteiger partial charge is 0.481 e. The van der Waals surface area contributed by atoms with Gasteiger partial charge in [-0.25, -0.2) is 0 Å². The molecular weight excluding hydrogens is 652 g/mol. The minimum Gasteiger partial charge on any atom is -0.481 e. The van der Waals surface area contributed by atoms with Crippen LogP contribution in [-0.2, 0) is 32.2 Å². The number of amides is 1. The van der Waals surface area contributed by atoms with E-state index in [1.54, 1.807) is 0 Å². The average molecular weight is 701 g/mol. The number of carboxylic acids is 1. The van der Waals surface area contributed by atoms with Crippen molar-refractivity contribution in [3.8, 4) is 11.1 Å². The number of carboxylic acid groups (broad SMARTS) is 1. The van der Waals surface area contributed by atoms with Gasteiger partial charge in [0.05, 0.1) is 18.8 Å². The maximum absolute atomic E-state index is 12.2. The van der Waals surface area contributed by atoms with Crippen LogP contribution in [0.3, 0.4) is 0 Å². The maximum Gasteiger partial charge on any atom is 0.303 e. The number of ether oxygens (including phenoxy) is 2. The number of benzene rings is 5. The van der Waals surface area contributed by atoms with E-state index in [0.717, 1.165) is 33.4 Å². The zero-order valence-corrected chi connectivity index (χ0v) is 30.1. The summed E-state index contributed by atoms with van der Waals surface area (Å²) in [5, 5.41) is 23.8. The van der Waals surface area contributed by atoms with Crippen LogP contribution in [0.25, 0.3) is 21.9 Å². The van der Waals surface area contributed by atoms with Crippen LogP contribution in [-0.4, -0.2) is 46.7 Å². The number of fused-ring (bicyclic) bond motifs is 1. The van der Waals surface area contributed by atoms with Crippen molar-refractivity contribution in [2.45, 2.75) is 70.8 Å². The highest BCUT2D eigenvalue weighted by molar-refractivity contribution is 5.83. The lowest BCUT2D eigenvalue weighted by molar-refractivity contribution is -0.276. The van der Waals surface area contributed by atoms with Crippen molar-refractivity contribution in [1.82, 2.24) is 10.2 Å². The van der Waals surface area contributed by atoms with Crippen LogP contribution in [0.4, 0.5) is 0 Å². The van der Waals surface area contributed by atoms with Gasteiger partial charge in [-0.05, 0) is 76.7 Å². The Morgan fingerprint density at radius 2 is 1.52 bits per heavy atom. The lowest BCUT2D eigenvalue weighted by Crippen LogP contribution is -2.44. The van der Waals surface area contributed by atoms with Crippen molar-refractivity contribution < 1.29 is 29.3 Å². The Morgan fingerprint density at radius 1 is 0.788 bits per heavy atom. The monoisotopic (exact) mass is 700 g/mol. The van der Waals surface area contributed by atoms with Gasteiger partial charge in [-0.15, -0.1) is 0 Å². The molecule has 0 spiro atoms. The van der Waals surface area contributed by atoms with Gasteiger partial charge in [0.2, 0.25) is 5.91 Å². The Labute approximate surface area is 306 Å². The summed E-state index contributed by atoms with van der Waals surface area (Å²) >= 11 is 0. The van der Waals surface area contributed by atoms with Crippen LogP contribution in [0.5, 0.6) is 0 Å². The van der Waals surface area contributed by atoms with Crippen LogP contribution < -0.4 is 5.32 Å². The molecule has 0 saturated carbocycles. The number of hydrogen-bond acceptors (Lipinski definition) is 6. The molecule has 270 valence electrons. The maximum atomic E-state index is 12.2. The van der Waals surface area contributed by atoms with Crippen LogP contribution >= 0.6 is 0 Å². The van der Waals surface area contributed by atoms with Crippen molar-refractivity contribution >= 4 is 22.6 Å². The summed E-state index contributed by atoms with van der Waals surface area (Å²) in [6.45, 7) is 5.50. The van der Waals surface area contributed by atoms with E-state index in [-0.39, 0.29) is 49.5 Å². The molecule has 1 fully saturated rings. The van der Waals surface area contributed by atoms with Gasteiger partial charge in [-0.3, -0.25) is 14.5 Å². The van der Waals surface area contributed by atoms with Gasteiger partial charge >= 0.3 is 5.97 Å². The fourth-order valence-electron chi connectivity index (χ4n) is 6.87. The van der Waals surface area contributed by atoms with E-state index >= 15 is 0 Å². The summed E-state index contributed by atoms with van der Waals surface area (Å²) in [6.07, 6.45) is -0.422. The van der Waals surface area contributed by atoms with Gasteiger partial charge in [-0.1, -0.05) is 110 Å². The number of nitrogens with one attached hydrogen (secondary N) is 1. The number of aliphatic hydroxyl groups excluding tert-OH is 1. The van der Waals surface area contributed by atoms with E-state index in [4.69, 9.17) is 14.6 Å². The first-order valence-electron chi connectivity index (χ1n) is 18.1. The molecule has 5 aromatic carbocycles. The summed E-state index contributed by atoms with van der Waals surface area (Å²) in [4.78, 5) is 25.3. The Kier molecular flexibility index (Phi) is 12.1. The first-order chi connectivity index (χ1) is 25.2. The quantitative estimate of drug-likeness (QED) is 0.107. The molecule has 8 nitrogen and oxygen atoms in total. The fraction of sp³-hybridized carbons (Fsp3) is 0.318. The molecule has 8 heteroatoms. The first-order valence-corrected chi connectivity index (χ1v) is 18.1. The fourth-order valence-corrected chi connectivity index (χ4v) is 6.87. The second-order valence-corrected chi connectivity index (χ2v) is 13.9. The third kappa shape index (κ3) is 9.13. The molecule has 0 unspecified atom stereocenters. The van der Waals surface area contributed by atoms with Crippen LogP contribution in [0.2, 0.25) is 0 Å². The zero-order chi connectivity index (χ0) is 36.6. The van der Waals surface area contributed by atoms with Crippen LogP contribution in [0.15, 0.2) is 115 Å². The topological polar surface area (TPSA) is 108 Å². The Hall–Kier alpha value is -4.86. The van der Waals surface area contributed by atoms with E-state index in [2.05, 4.69) is 104 Å². The predicted octanol–water partition coefficient (Wildman–Crippen LogP) is 8.35. The van der Waals surface area contributed by atoms with Crippen molar-refractivity contribution in [3.05, 3.63) is 143 Å². The second kappa shape index (κ2) is 17.1. The van der Waals surface area contributed by atoms with Gasteiger partial charge in [0.1, 0.15) is 0 Å². The van der Waals surface area contributed by atoms with E-state index in [0.29, 0.717) is 19.5 Å². The van der Waals surface area contributed by atoms with Gasteiger partial charge < -0.3 is 25.0 Å². The third-order valence-electron chi connectivity index (χ3n) is 10.2. The molecule has 1 heterocycles. The number of nitrogens with zero attached hydrogens (tertiary/aromatic N) is 1. The molecule has 3 N–H and O–H groups in total. The summed E-state index contributed by atoms with van der Waals surface area (Å²) in [5.74, 6) is -0.999. The normalized spacial score (nSPS) is 19.4. The molecule has 0 aliphatic carbocycles. The number of aliphatic carboxylic acids is 1. The van der Waals surface area contributed by atoms with Crippen LogP contribution in [0.1, 0.15) is 79.4 Å². The molecule has 1 aliphatic heterocycles. The standard InChI is InChI=1S/C44H48N2O6/c1-29-40(27-46(3)30(2)37-23-20-33-9-4-5-10-39(33)25-37)51-44(52-43(29)35-16-14-31(28-47)15-17-35)36-21-18-34(19-22-36)38-11-6-8-32(24-38)26-45-41(48)12-7-13-42(49)50/h4-6,8-11,14-25,29-30,40,43-44,47H,7,12-13,26-28H2,1-3H3,(H,45,48)(H,49,50)/t29-,30-,40+,43+,44+/m1/s1. The molecule has 5 atom stereocenters. The van der Waals surface area contributed by atoms with Crippen LogP contribution in [0, 0.1) is 5.92 Å². The molecule has 52 heavy (non-hydrogen) atoms. The molecule has 0 radical (unpaired) electrons. The summed E-state index contributed by atoms with van der Waals surface area (Å²) < 4.78 is 13.5. The SMILES string of the molecule is C[C@@H]1[C@H](CN(C)[C@H](C)c2ccc3ccccc3c2)O[C@H](c2ccc(-c3cccc(CNC(=O)CCCC(=O)O)c3)cc2)O[C@@H]1c1ccc(CO)cc1. The smallest absolute Gasteiger partial charge is 0.303 e. The van der Waals surface area contributed by atoms with E-state index in [1.165, 1.54) is 16.3 Å².